The minimum Gasteiger partial charge on any atom is -0.383 e. The Morgan fingerprint density at radius 2 is 1.96 bits per heavy atom. The van der Waals surface area contributed by atoms with Gasteiger partial charge in [0.05, 0.1) is 18.2 Å². The fraction of sp³-hybridized carbons (Fsp3) is 0.714. The zero-order valence-corrected chi connectivity index (χ0v) is 16.8. The largest absolute Gasteiger partial charge is 0.383 e. The highest BCUT2D eigenvalue weighted by atomic mass is 16.5. The van der Waals surface area contributed by atoms with Crippen molar-refractivity contribution >= 4 is 11.7 Å². The van der Waals surface area contributed by atoms with Gasteiger partial charge >= 0.3 is 0 Å². The van der Waals surface area contributed by atoms with Crippen molar-refractivity contribution in [2.75, 3.05) is 45.2 Å². The standard InChI is InChI=1S/C21H34N4O2/c1-3-18(16-27-2)23-20-8-7-17(15-22-20)21(26)25-13-9-19(10-14-25)24-11-5-4-6-12-24/h7-8,15,18-19H,3-6,9-14,16H2,1-2H3,(H,22,23). The van der Waals surface area contributed by atoms with Gasteiger partial charge in [-0.2, -0.15) is 0 Å². The van der Waals surface area contributed by atoms with E-state index in [1.165, 1.54) is 32.4 Å². The second-order valence-electron chi connectivity index (χ2n) is 7.76. The fourth-order valence-electron chi connectivity index (χ4n) is 4.18. The van der Waals surface area contributed by atoms with Crippen LogP contribution in [0.1, 0.15) is 55.8 Å². The number of amides is 1. The number of likely N-dealkylation sites (tertiary alicyclic amines) is 2. The molecular weight excluding hydrogens is 340 g/mol. The Labute approximate surface area is 163 Å². The van der Waals surface area contributed by atoms with Gasteiger partial charge in [0.25, 0.3) is 5.91 Å². The van der Waals surface area contributed by atoms with Gasteiger partial charge in [0.15, 0.2) is 0 Å². The van der Waals surface area contributed by atoms with Crippen LogP contribution in [-0.4, -0.2) is 72.7 Å². The van der Waals surface area contributed by atoms with E-state index in [-0.39, 0.29) is 11.9 Å². The number of piperidine rings is 2. The van der Waals surface area contributed by atoms with Crippen LogP contribution in [0.15, 0.2) is 18.3 Å². The molecule has 6 heteroatoms. The monoisotopic (exact) mass is 374 g/mol. The van der Waals surface area contributed by atoms with Crippen LogP contribution >= 0.6 is 0 Å². The highest BCUT2D eigenvalue weighted by Crippen LogP contribution is 2.22. The van der Waals surface area contributed by atoms with Crippen molar-refractivity contribution in [2.45, 2.75) is 57.5 Å². The maximum atomic E-state index is 12.8. The summed E-state index contributed by atoms with van der Waals surface area (Å²) in [7, 11) is 1.70. The van der Waals surface area contributed by atoms with Crippen molar-refractivity contribution < 1.29 is 9.53 Å². The Bertz CT molecular complexity index is 578. The number of nitrogens with one attached hydrogen (secondary N) is 1. The summed E-state index contributed by atoms with van der Waals surface area (Å²) in [5.74, 6) is 0.898. The first-order valence-electron chi connectivity index (χ1n) is 10.5. The van der Waals surface area contributed by atoms with Crippen molar-refractivity contribution in [3.05, 3.63) is 23.9 Å². The summed E-state index contributed by atoms with van der Waals surface area (Å²) < 4.78 is 5.21. The molecule has 1 atom stereocenters. The molecule has 3 heterocycles. The van der Waals surface area contributed by atoms with Gasteiger partial charge < -0.3 is 19.9 Å². The van der Waals surface area contributed by atoms with Crippen LogP contribution in [0.25, 0.3) is 0 Å². The number of hydrogen-bond acceptors (Lipinski definition) is 5. The number of carbonyl (C=O) groups is 1. The fourth-order valence-corrected chi connectivity index (χ4v) is 4.18. The van der Waals surface area contributed by atoms with E-state index in [2.05, 4.69) is 22.1 Å². The van der Waals surface area contributed by atoms with Crippen LogP contribution in [0.3, 0.4) is 0 Å². The van der Waals surface area contributed by atoms with Gasteiger partial charge in [-0.05, 0) is 57.3 Å². The number of pyridine rings is 1. The van der Waals surface area contributed by atoms with E-state index in [1.807, 2.05) is 17.0 Å². The van der Waals surface area contributed by atoms with Gasteiger partial charge in [-0.3, -0.25) is 4.79 Å². The van der Waals surface area contributed by atoms with Gasteiger partial charge in [-0.1, -0.05) is 13.3 Å². The predicted octanol–water partition coefficient (Wildman–Crippen LogP) is 3.01. The molecular formula is C21H34N4O2. The third kappa shape index (κ3) is 5.42. The Balaban J connectivity index is 1.50. The Hall–Kier alpha value is -1.66. The quantitative estimate of drug-likeness (QED) is 0.795. The number of rotatable bonds is 7. The molecule has 0 aliphatic carbocycles. The first kappa shape index (κ1) is 20.1. The SMILES string of the molecule is CCC(COC)Nc1ccc(C(=O)N2CCC(N3CCCCC3)CC2)cn1. The molecule has 2 aliphatic heterocycles. The van der Waals surface area contributed by atoms with Crippen LogP contribution in [-0.2, 0) is 4.74 Å². The van der Waals surface area contributed by atoms with E-state index in [9.17, 15) is 4.79 Å². The molecule has 2 saturated heterocycles. The summed E-state index contributed by atoms with van der Waals surface area (Å²) in [5, 5.41) is 3.35. The Morgan fingerprint density at radius 1 is 1.22 bits per heavy atom. The predicted molar refractivity (Wildman–Crippen MR) is 108 cm³/mol. The second kappa shape index (κ2) is 10.0. The number of anilines is 1. The lowest BCUT2D eigenvalue weighted by molar-refractivity contribution is 0.0589. The lowest BCUT2D eigenvalue weighted by atomic mass is 9.99. The minimum atomic E-state index is 0.107. The summed E-state index contributed by atoms with van der Waals surface area (Å²) >= 11 is 0. The smallest absolute Gasteiger partial charge is 0.255 e. The normalized spacial score (nSPS) is 20.4. The van der Waals surface area contributed by atoms with Crippen molar-refractivity contribution in [2.24, 2.45) is 0 Å². The number of nitrogens with zero attached hydrogens (tertiary/aromatic N) is 3. The molecule has 1 unspecified atom stereocenters. The molecule has 3 rings (SSSR count). The van der Waals surface area contributed by atoms with Crippen molar-refractivity contribution in [1.29, 1.82) is 0 Å². The maximum Gasteiger partial charge on any atom is 0.255 e. The highest BCUT2D eigenvalue weighted by Gasteiger charge is 2.28. The first-order chi connectivity index (χ1) is 13.2. The third-order valence-corrected chi connectivity index (χ3v) is 5.88. The van der Waals surface area contributed by atoms with Crippen molar-refractivity contribution in [1.82, 2.24) is 14.8 Å². The number of carbonyl (C=O) groups excluding carboxylic acids is 1. The van der Waals surface area contributed by atoms with E-state index in [1.54, 1.807) is 13.3 Å². The van der Waals surface area contributed by atoms with Crippen molar-refractivity contribution in [3.63, 3.8) is 0 Å². The second-order valence-corrected chi connectivity index (χ2v) is 7.76. The molecule has 150 valence electrons. The molecule has 2 fully saturated rings. The zero-order chi connectivity index (χ0) is 19.1. The van der Waals surface area contributed by atoms with E-state index >= 15 is 0 Å². The first-order valence-corrected chi connectivity index (χ1v) is 10.5. The van der Waals surface area contributed by atoms with Crippen LogP contribution in [0, 0.1) is 0 Å². The molecule has 1 aromatic heterocycles. The van der Waals surface area contributed by atoms with Gasteiger partial charge in [0.1, 0.15) is 5.82 Å². The molecule has 1 aromatic rings. The van der Waals surface area contributed by atoms with Gasteiger partial charge in [0, 0.05) is 32.4 Å². The highest BCUT2D eigenvalue weighted by molar-refractivity contribution is 5.94. The minimum absolute atomic E-state index is 0.107. The lowest BCUT2D eigenvalue weighted by Crippen LogP contribution is -2.48. The van der Waals surface area contributed by atoms with Crippen LogP contribution in [0.2, 0.25) is 0 Å². The molecule has 0 radical (unpaired) electrons. The summed E-state index contributed by atoms with van der Waals surface area (Å²) in [6.45, 7) is 6.93. The van der Waals surface area contributed by atoms with E-state index in [0.717, 1.165) is 38.2 Å². The average molecular weight is 375 g/mol. The molecule has 0 saturated carbocycles. The molecule has 0 aromatic carbocycles. The van der Waals surface area contributed by atoms with Crippen molar-refractivity contribution in [3.8, 4) is 0 Å². The average Bonchev–Trinajstić information content (AvgIpc) is 2.74. The zero-order valence-electron chi connectivity index (χ0n) is 16.8. The van der Waals surface area contributed by atoms with Gasteiger partial charge in [-0.25, -0.2) is 4.98 Å². The molecule has 1 N–H and O–H groups in total. The molecule has 6 nitrogen and oxygen atoms in total. The number of methoxy groups -OCH3 is 1. The van der Waals surface area contributed by atoms with Crippen LogP contribution in [0.4, 0.5) is 5.82 Å². The van der Waals surface area contributed by atoms with Gasteiger partial charge in [-0.15, -0.1) is 0 Å². The van der Waals surface area contributed by atoms with Crippen LogP contribution in [0.5, 0.6) is 0 Å². The molecule has 2 aliphatic rings. The molecule has 0 spiro atoms. The number of hydrogen-bond donors (Lipinski definition) is 1. The summed E-state index contributed by atoms with van der Waals surface area (Å²) in [6, 6.07) is 4.67. The topological polar surface area (TPSA) is 57.7 Å². The maximum absolute atomic E-state index is 12.8. The van der Waals surface area contributed by atoms with E-state index in [0.29, 0.717) is 18.2 Å². The molecule has 1 amide bonds. The Kier molecular flexibility index (Phi) is 7.47. The van der Waals surface area contributed by atoms with E-state index in [4.69, 9.17) is 4.74 Å². The summed E-state index contributed by atoms with van der Waals surface area (Å²) in [6.07, 6.45) is 8.87. The number of aromatic nitrogens is 1. The molecule has 0 bridgehead atoms. The third-order valence-electron chi connectivity index (χ3n) is 5.88. The summed E-state index contributed by atoms with van der Waals surface area (Å²) in [5.41, 5.74) is 0.678. The lowest BCUT2D eigenvalue weighted by Gasteiger charge is -2.40. The Morgan fingerprint density at radius 3 is 2.56 bits per heavy atom. The number of ether oxygens (including phenoxy) is 1. The summed E-state index contributed by atoms with van der Waals surface area (Å²) in [4.78, 5) is 21.9. The van der Waals surface area contributed by atoms with Crippen LogP contribution < -0.4 is 5.32 Å². The molecule has 27 heavy (non-hydrogen) atoms. The van der Waals surface area contributed by atoms with E-state index < -0.39 is 0 Å². The van der Waals surface area contributed by atoms with Gasteiger partial charge in [0.2, 0.25) is 0 Å².